The highest BCUT2D eigenvalue weighted by molar-refractivity contribution is 5.80. The first kappa shape index (κ1) is 16.7. The van der Waals surface area contributed by atoms with Crippen LogP contribution in [0.2, 0.25) is 0 Å². The lowest BCUT2D eigenvalue weighted by atomic mass is 9.74. The van der Waals surface area contributed by atoms with Gasteiger partial charge in [0.15, 0.2) is 0 Å². The summed E-state index contributed by atoms with van der Waals surface area (Å²) < 4.78 is 19.3. The molecule has 0 saturated heterocycles. The van der Waals surface area contributed by atoms with E-state index in [1.165, 1.54) is 13.2 Å². The molecule has 3 atom stereocenters. The van der Waals surface area contributed by atoms with Crippen LogP contribution in [0.3, 0.4) is 0 Å². The third-order valence-corrected chi connectivity index (χ3v) is 4.60. The zero-order valence-electron chi connectivity index (χ0n) is 13.5. The van der Waals surface area contributed by atoms with E-state index in [2.05, 4.69) is 5.32 Å². The Hall–Kier alpha value is -1.62. The van der Waals surface area contributed by atoms with E-state index in [1.54, 1.807) is 19.1 Å². The van der Waals surface area contributed by atoms with Crippen molar-refractivity contribution in [2.24, 2.45) is 11.7 Å². The molecule has 1 aliphatic carbocycles. The second-order valence-corrected chi connectivity index (χ2v) is 6.39. The van der Waals surface area contributed by atoms with Gasteiger partial charge in [0.1, 0.15) is 11.6 Å². The summed E-state index contributed by atoms with van der Waals surface area (Å²) in [5, 5.41) is 2.90. The number of nitrogens with two attached hydrogens (primary N) is 1. The molecule has 0 aromatic heterocycles. The van der Waals surface area contributed by atoms with Gasteiger partial charge in [0, 0.05) is 5.54 Å². The minimum absolute atomic E-state index is 0.109. The van der Waals surface area contributed by atoms with Crippen LogP contribution in [0, 0.1) is 11.7 Å². The van der Waals surface area contributed by atoms with E-state index in [9.17, 15) is 9.18 Å². The van der Waals surface area contributed by atoms with Gasteiger partial charge in [-0.05, 0) is 38.8 Å². The van der Waals surface area contributed by atoms with Crippen molar-refractivity contribution in [3.8, 4) is 5.75 Å². The van der Waals surface area contributed by atoms with Gasteiger partial charge in [-0.1, -0.05) is 18.9 Å². The van der Waals surface area contributed by atoms with Gasteiger partial charge in [-0.3, -0.25) is 4.79 Å². The molecule has 0 spiro atoms. The molecule has 1 fully saturated rings. The molecule has 0 bridgehead atoms. The summed E-state index contributed by atoms with van der Waals surface area (Å²) in [4.78, 5) is 12.6. The number of carbonyl (C=O) groups is 1. The van der Waals surface area contributed by atoms with Gasteiger partial charge in [0.2, 0.25) is 5.91 Å². The van der Waals surface area contributed by atoms with Crippen molar-refractivity contribution in [2.45, 2.75) is 51.1 Å². The minimum Gasteiger partial charge on any atom is -0.496 e. The third kappa shape index (κ3) is 3.40. The summed E-state index contributed by atoms with van der Waals surface area (Å²) in [6.45, 7) is 3.68. The van der Waals surface area contributed by atoms with Crippen LogP contribution < -0.4 is 15.8 Å². The summed E-state index contributed by atoms with van der Waals surface area (Å²) in [6, 6.07) is 4.18. The first-order chi connectivity index (χ1) is 10.4. The largest absolute Gasteiger partial charge is 0.496 e. The van der Waals surface area contributed by atoms with Gasteiger partial charge in [0.25, 0.3) is 0 Å². The van der Waals surface area contributed by atoms with Crippen molar-refractivity contribution in [3.63, 3.8) is 0 Å². The van der Waals surface area contributed by atoms with Crippen LogP contribution in [-0.2, 0) is 4.79 Å². The van der Waals surface area contributed by atoms with Crippen LogP contribution in [0.4, 0.5) is 4.39 Å². The molecule has 3 N–H and O–H groups in total. The van der Waals surface area contributed by atoms with Crippen molar-refractivity contribution in [1.82, 2.24) is 5.32 Å². The second kappa shape index (κ2) is 6.65. The molecule has 22 heavy (non-hydrogen) atoms. The number of nitrogens with one attached hydrogen (secondary N) is 1. The Morgan fingerprint density at radius 2 is 2.23 bits per heavy atom. The Morgan fingerprint density at radius 1 is 1.50 bits per heavy atom. The number of rotatable bonds is 4. The summed E-state index contributed by atoms with van der Waals surface area (Å²) >= 11 is 0. The molecule has 122 valence electrons. The van der Waals surface area contributed by atoms with Crippen LogP contribution >= 0.6 is 0 Å². The fourth-order valence-corrected chi connectivity index (χ4v) is 3.29. The van der Waals surface area contributed by atoms with E-state index >= 15 is 0 Å². The summed E-state index contributed by atoms with van der Waals surface area (Å²) in [5.74, 6) is -0.290. The van der Waals surface area contributed by atoms with Crippen LogP contribution in [0.5, 0.6) is 5.75 Å². The predicted molar refractivity (Wildman–Crippen MR) is 84.1 cm³/mol. The summed E-state index contributed by atoms with van der Waals surface area (Å²) in [7, 11) is 1.49. The number of benzene rings is 1. The molecule has 0 radical (unpaired) electrons. The van der Waals surface area contributed by atoms with E-state index in [1.807, 2.05) is 6.92 Å². The molecule has 1 aromatic rings. The van der Waals surface area contributed by atoms with E-state index in [0.717, 1.165) is 25.7 Å². The molecule has 1 saturated carbocycles. The van der Waals surface area contributed by atoms with Crippen molar-refractivity contribution < 1.29 is 13.9 Å². The molecular formula is C17H25FN2O2. The number of hydrogen-bond acceptors (Lipinski definition) is 3. The third-order valence-electron chi connectivity index (χ3n) is 4.60. The standard InChI is InChI=1S/C17H25FN2O2/c1-11(15-13(18)8-6-9-14(15)22-3)20-16(21)12-7-4-5-10-17(12,2)19/h6,8-9,11-12H,4-5,7,10,19H2,1-3H3,(H,20,21). The average molecular weight is 308 g/mol. The first-order valence-electron chi connectivity index (χ1n) is 7.78. The number of halogens is 1. The number of ether oxygens (including phenoxy) is 1. The topological polar surface area (TPSA) is 64.3 Å². The van der Waals surface area contributed by atoms with Gasteiger partial charge < -0.3 is 15.8 Å². The summed E-state index contributed by atoms with van der Waals surface area (Å²) in [5.41, 5.74) is 6.13. The fourth-order valence-electron chi connectivity index (χ4n) is 3.29. The Bertz CT molecular complexity index is 545. The maximum atomic E-state index is 14.1. The zero-order chi connectivity index (χ0) is 16.3. The fraction of sp³-hybridized carbons (Fsp3) is 0.588. The molecule has 1 aromatic carbocycles. The van der Waals surface area contributed by atoms with Crippen LogP contribution in [0.1, 0.15) is 51.1 Å². The highest BCUT2D eigenvalue weighted by Gasteiger charge is 2.38. The maximum absolute atomic E-state index is 14.1. The van der Waals surface area contributed by atoms with Crippen molar-refractivity contribution in [1.29, 1.82) is 0 Å². The second-order valence-electron chi connectivity index (χ2n) is 6.39. The normalized spacial score (nSPS) is 26.3. The molecule has 2 rings (SSSR count). The Morgan fingerprint density at radius 3 is 2.86 bits per heavy atom. The van der Waals surface area contributed by atoms with Crippen LogP contribution in [-0.4, -0.2) is 18.6 Å². The van der Waals surface area contributed by atoms with E-state index in [-0.39, 0.29) is 17.6 Å². The van der Waals surface area contributed by atoms with Crippen molar-refractivity contribution in [2.75, 3.05) is 7.11 Å². The van der Waals surface area contributed by atoms with E-state index in [0.29, 0.717) is 11.3 Å². The van der Waals surface area contributed by atoms with Gasteiger partial charge in [-0.15, -0.1) is 0 Å². The lowest BCUT2D eigenvalue weighted by Crippen LogP contribution is -2.53. The predicted octanol–water partition coefficient (Wildman–Crippen LogP) is 2.92. The number of carbonyl (C=O) groups excluding carboxylic acids is 1. The molecular weight excluding hydrogens is 283 g/mol. The molecule has 0 aliphatic heterocycles. The number of amides is 1. The maximum Gasteiger partial charge on any atom is 0.225 e. The average Bonchev–Trinajstić information content (AvgIpc) is 2.45. The zero-order valence-corrected chi connectivity index (χ0v) is 13.5. The van der Waals surface area contributed by atoms with Gasteiger partial charge in [-0.25, -0.2) is 4.39 Å². The molecule has 0 heterocycles. The lowest BCUT2D eigenvalue weighted by Gasteiger charge is -2.37. The van der Waals surface area contributed by atoms with Gasteiger partial charge >= 0.3 is 0 Å². The lowest BCUT2D eigenvalue weighted by molar-refractivity contribution is -0.128. The highest BCUT2D eigenvalue weighted by Crippen LogP contribution is 2.33. The van der Waals surface area contributed by atoms with Gasteiger partial charge in [-0.2, -0.15) is 0 Å². The highest BCUT2D eigenvalue weighted by atomic mass is 19.1. The quantitative estimate of drug-likeness (QED) is 0.899. The molecule has 1 amide bonds. The van der Waals surface area contributed by atoms with Crippen LogP contribution in [0.15, 0.2) is 18.2 Å². The monoisotopic (exact) mass is 308 g/mol. The molecule has 3 unspecified atom stereocenters. The smallest absolute Gasteiger partial charge is 0.225 e. The molecule has 5 heteroatoms. The Balaban J connectivity index is 2.15. The minimum atomic E-state index is -0.499. The number of methoxy groups -OCH3 is 1. The Labute approximate surface area is 131 Å². The van der Waals surface area contributed by atoms with Crippen LogP contribution in [0.25, 0.3) is 0 Å². The van der Waals surface area contributed by atoms with Gasteiger partial charge in [0.05, 0.1) is 24.6 Å². The van der Waals surface area contributed by atoms with E-state index < -0.39 is 11.6 Å². The van der Waals surface area contributed by atoms with Crippen molar-refractivity contribution >= 4 is 5.91 Å². The number of hydrogen-bond donors (Lipinski definition) is 2. The summed E-state index contributed by atoms with van der Waals surface area (Å²) in [6.07, 6.45) is 3.66. The Kier molecular flexibility index (Phi) is 5.06. The first-order valence-corrected chi connectivity index (χ1v) is 7.78. The molecule has 4 nitrogen and oxygen atoms in total. The SMILES string of the molecule is COc1cccc(F)c1C(C)NC(=O)C1CCCCC1(C)N. The van der Waals surface area contributed by atoms with Crippen molar-refractivity contribution in [3.05, 3.63) is 29.6 Å². The van der Waals surface area contributed by atoms with E-state index in [4.69, 9.17) is 10.5 Å². The molecule has 1 aliphatic rings.